The molecule has 1 unspecified atom stereocenters. The van der Waals surface area contributed by atoms with Crippen LogP contribution >= 0.6 is 0 Å². The van der Waals surface area contributed by atoms with Gasteiger partial charge in [0.2, 0.25) is 11.8 Å². The number of carbonyl (C=O) groups is 3. The Labute approximate surface area is 149 Å². The number of amides is 2. The number of aliphatic carboxylic acids is 1. The van der Waals surface area contributed by atoms with Gasteiger partial charge in [-0.3, -0.25) is 9.59 Å². The largest absolute Gasteiger partial charge is 0.480 e. The van der Waals surface area contributed by atoms with Crippen molar-refractivity contribution in [1.29, 1.82) is 0 Å². The number of rotatable bonds is 16. The van der Waals surface area contributed by atoms with Gasteiger partial charge in [0, 0.05) is 19.6 Å². The fourth-order valence-electron chi connectivity index (χ4n) is 1.95. The van der Waals surface area contributed by atoms with Gasteiger partial charge in [-0.1, -0.05) is 20.3 Å². The molecule has 0 aromatic heterocycles. The second kappa shape index (κ2) is 15.8. The van der Waals surface area contributed by atoms with Crippen molar-refractivity contribution in [2.45, 2.75) is 58.4 Å². The van der Waals surface area contributed by atoms with E-state index in [2.05, 4.69) is 17.6 Å². The molecule has 0 spiro atoms. The number of carboxylic acids is 1. The van der Waals surface area contributed by atoms with Gasteiger partial charge in [-0.15, -0.1) is 0 Å². The van der Waals surface area contributed by atoms with E-state index in [1.807, 2.05) is 0 Å². The highest BCUT2D eigenvalue weighted by Crippen LogP contribution is 2.01. The first-order chi connectivity index (χ1) is 12.0. The maximum absolute atomic E-state index is 11.7. The molecular formula is C17H32N2O6. The smallest absolute Gasteiger partial charge is 0.326 e. The molecular weight excluding hydrogens is 328 g/mol. The molecule has 0 aliphatic carbocycles. The number of carbonyl (C=O) groups excluding carboxylic acids is 2. The standard InChI is InChI=1S/C17H32N2O6/c1-3-5-10-24-11-12-25-13-16(21)19-14(17(22)23)8-6-7-9-18-15(20)4-2/h14H,3-13H2,1-2H3,(H,18,20)(H,19,21)(H,22,23). The fraction of sp³-hybridized carbons (Fsp3) is 0.824. The molecule has 0 saturated carbocycles. The van der Waals surface area contributed by atoms with Crippen LogP contribution < -0.4 is 10.6 Å². The zero-order valence-corrected chi connectivity index (χ0v) is 15.3. The van der Waals surface area contributed by atoms with Gasteiger partial charge >= 0.3 is 5.97 Å². The second-order valence-electron chi connectivity index (χ2n) is 5.68. The molecule has 2 amide bonds. The Morgan fingerprint density at radius 1 is 0.960 bits per heavy atom. The van der Waals surface area contributed by atoms with E-state index in [9.17, 15) is 14.4 Å². The third-order valence-electron chi connectivity index (χ3n) is 3.44. The molecule has 1 atom stereocenters. The van der Waals surface area contributed by atoms with E-state index in [4.69, 9.17) is 14.6 Å². The molecule has 0 aliphatic heterocycles. The molecule has 8 heteroatoms. The van der Waals surface area contributed by atoms with E-state index >= 15 is 0 Å². The molecule has 0 aromatic carbocycles. The van der Waals surface area contributed by atoms with Crippen molar-refractivity contribution in [3.63, 3.8) is 0 Å². The van der Waals surface area contributed by atoms with Crippen LogP contribution in [0.4, 0.5) is 0 Å². The lowest BCUT2D eigenvalue weighted by atomic mass is 10.1. The Morgan fingerprint density at radius 3 is 2.32 bits per heavy atom. The average molecular weight is 360 g/mol. The summed E-state index contributed by atoms with van der Waals surface area (Å²) in [5.41, 5.74) is 0. The number of hydrogen-bond acceptors (Lipinski definition) is 5. The predicted octanol–water partition coefficient (Wildman–Crippen LogP) is 1.09. The molecule has 25 heavy (non-hydrogen) atoms. The Hall–Kier alpha value is -1.67. The molecule has 0 heterocycles. The van der Waals surface area contributed by atoms with Crippen molar-refractivity contribution in [3.05, 3.63) is 0 Å². The zero-order chi connectivity index (χ0) is 18.9. The quantitative estimate of drug-likeness (QED) is 0.355. The third-order valence-corrected chi connectivity index (χ3v) is 3.44. The van der Waals surface area contributed by atoms with Crippen LogP contribution in [0, 0.1) is 0 Å². The summed E-state index contributed by atoms with van der Waals surface area (Å²) in [5, 5.41) is 14.3. The summed E-state index contributed by atoms with van der Waals surface area (Å²) < 4.78 is 10.5. The van der Waals surface area contributed by atoms with Crippen molar-refractivity contribution in [2.75, 3.05) is 33.0 Å². The molecule has 8 nitrogen and oxygen atoms in total. The summed E-state index contributed by atoms with van der Waals surface area (Å²) >= 11 is 0. The number of nitrogens with one attached hydrogen (secondary N) is 2. The molecule has 0 aromatic rings. The monoisotopic (exact) mass is 360 g/mol. The maximum Gasteiger partial charge on any atom is 0.326 e. The summed E-state index contributed by atoms with van der Waals surface area (Å²) in [4.78, 5) is 34.0. The minimum absolute atomic E-state index is 0.0288. The topological polar surface area (TPSA) is 114 Å². The van der Waals surface area contributed by atoms with Gasteiger partial charge in [0.25, 0.3) is 0 Å². The van der Waals surface area contributed by atoms with Crippen LogP contribution in [0.5, 0.6) is 0 Å². The average Bonchev–Trinajstić information content (AvgIpc) is 2.59. The van der Waals surface area contributed by atoms with E-state index < -0.39 is 17.9 Å². The highest BCUT2D eigenvalue weighted by molar-refractivity contribution is 5.84. The first-order valence-corrected chi connectivity index (χ1v) is 8.95. The van der Waals surface area contributed by atoms with Gasteiger partial charge in [-0.2, -0.15) is 0 Å². The minimum Gasteiger partial charge on any atom is -0.480 e. The third kappa shape index (κ3) is 14.4. The molecule has 0 rings (SSSR count). The first-order valence-electron chi connectivity index (χ1n) is 8.95. The van der Waals surface area contributed by atoms with Gasteiger partial charge in [-0.25, -0.2) is 4.79 Å². The van der Waals surface area contributed by atoms with Gasteiger partial charge < -0.3 is 25.2 Å². The summed E-state index contributed by atoms with van der Waals surface area (Å²) in [6, 6.07) is -0.946. The maximum atomic E-state index is 11.7. The summed E-state index contributed by atoms with van der Waals surface area (Å²) in [6.07, 6.45) is 4.04. The van der Waals surface area contributed by atoms with Crippen LogP contribution in [0.2, 0.25) is 0 Å². The van der Waals surface area contributed by atoms with Crippen molar-refractivity contribution in [2.24, 2.45) is 0 Å². The van der Waals surface area contributed by atoms with Crippen LogP contribution in [0.3, 0.4) is 0 Å². The van der Waals surface area contributed by atoms with Crippen LogP contribution in [0.15, 0.2) is 0 Å². The molecule has 0 bridgehead atoms. The molecule has 0 radical (unpaired) electrons. The Kier molecular flexibility index (Phi) is 14.8. The van der Waals surface area contributed by atoms with Crippen LogP contribution in [-0.2, 0) is 23.9 Å². The lowest BCUT2D eigenvalue weighted by Crippen LogP contribution is -2.42. The molecule has 3 N–H and O–H groups in total. The zero-order valence-electron chi connectivity index (χ0n) is 15.3. The Morgan fingerprint density at radius 2 is 1.68 bits per heavy atom. The van der Waals surface area contributed by atoms with E-state index in [1.54, 1.807) is 6.92 Å². The van der Waals surface area contributed by atoms with E-state index in [0.717, 1.165) is 12.8 Å². The SMILES string of the molecule is CCCCOCCOCC(=O)NC(CCCCNC(=O)CC)C(=O)O. The normalized spacial score (nSPS) is 11.8. The predicted molar refractivity (Wildman–Crippen MR) is 93.3 cm³/mol. The van der Waals surface area contributed by atoms with Crippen molar-refractivity contribution >= 4 is 17.8 Å². The lowest BCUT2D eigenvalue weighted by molar-refractivity contribution is -0.142. The summed E-state index contributed by atoms with van der Waals surface area (Å²) in [6.45, 7) is 5.55. The van der Waals surface area contributed by atoms with Crippen LogP contribution in [0.1, 0.15) is 52.4 Å². The van der Waals surface area contributed by atoms with E-state index in [-0.39, 0.29) is 12.5 Å². The number of carboxylic acid groups (broad SMARTS) is 1. The Balaban J connectivity index is 3.80. The summed E-state index contributed by atoms with van der Waals surface area (Å²) in [7, 11) is 0. The van der Waals surface area contributed by atoms with Gasteiger partial charge in [0.15, 0.2) is 0 Å². The minimum atomic E-state index is -1.08. The van der Waals surface area contributed by atoms with Gasteiger partial charge in [-0.05, 0) is 25.7 Å². The van der Waals surface area contributed by atoms with E-state index in [0.29, 0.717) is 52.0 Å². The number of unbranched alkanes of at least 4 members (excludes halogenated alkanes) is 2. The van der Waals surface area contributed by atoms with Crippen LogP contribution in [0.25, 0.3) is 0 Å². The van der Waals surface area contributed by atoms with Gasteiger partial charge in [0.1, 0.15) is 12.6 Å². The first kappa shape index (κ1) is 23.3. The highest BCUT2D eigenvalue weighted by atomic mass is 16.5. The van der Waals surface area contributed by atoms with Crippen molar-refractivity contribution < 1.29 is 29.0 Å². The molecule has 0 fully saturated rings. The molecule has 146 valence electrons. The highest BCUT2D eigenvalue weighted by Gasteiger charge is 2.19. The van der Waals surface area contributed by atoms with E-state index in [1.165, 1.54) is 0 Å². The lowest BCUT2D eigenvalue weighted by Gasteiger charge is -2.14. The Bertz CT molecular complexity index is 389. The van der Waals surface area contributed by atoms with Crippen molar-refractivity contribution in [3.8, 4) is 0 Å². The molecule has 0 aliphatic rings. The van der Waals surface area contributed by atoms with Crippen molar-refractivity contribution in [1.82, 2.24) is 10.6 Å². The fourth-order valence-corrected chi connectivity index (χ4v) is 1.95. The summed E-state index contributed by atoms with van der Waals surface area (Å²) in [5.74, 6) is -1.56. The number of ether oxygens (including phenoxy) is 2. The van der Waals surface area contributed by atoms with Gasteiger partial charge in [0.05, 0.1) is 13.2 Å². The molecule has 0 saturated heterocycles. The number of hydrogen-bond donors (Lipinski definition) is 3. The second-order valence-corrected chi connectivity index (χ2v) is 5.68. The van der Waals surface area contributed by atoms with Crippen LogP contribution in [-0.4, -0.2) is 61.9 Å².